The Labute approximate surface area is 288 Å². The van der Waals surface area contributed by atoms with Crippen LogP contribution in [0.2, 0.25) is 0 Å². The molecule has 0 aromatic heterocycles. The van der Waals surface area contributed by atoms with Crippen molar-refractivity contribution in [2.24, 2.45) is 5.92 Å². The average Bonchev–Trinajstić information content (AvgIpc) is 3.30. The lowest BCUT2D eigenvalue weighted by molar-refractivity contribution is -0.139. The number of ether oxygens (including phenoxy) is 1. The summed E-state index contributed by atoms with van der Waals surface area (Å²) >= 11 is 3.48. The van der Waals surface area contributed by atoms with Gasteiger partial charge in [-0.2, -0.15) is 0 Å². The molecule has 0 radical (unpaired) electrons. The van der Waals surface area contributed by atoms with Crippen LogP contribution >= 0.6 is 15.9 Å². The molecule has 10 heteroatoms. The maximum Gasteiger partial charge on any atom is 0.264 e. The largest absolute Gasteiger partial charge is 0.497 e. The number of hydrogen-bond donors (Lipinski definition) is 3. The van der Waals surface area contributed by atoms with Crippen LogP contribution in [0.15, 0.2) is 114 Å². The van der Waals surface area contributed by atoms with Gasteiger partial charge in [-0.25, -0.2) is 0 Å². The van der Waals surface area contributed by atoms with Crippen molar-refractivity contribution in [3.05, 3.63) is 136 Å². The molecule has 5 rings (SSSR count). The second kappa shape index (κ2) is 15.4. The summed E-state index contributed by atoms with van der Waals surface area (Å²) in [7, 11) is 1.56. The molecule has 0 bridgehead atoms. The SMILES string of the molecule is COc1ccc(C(=O)Nc2cccc(CN3C(=O)[C@](O)([C@H](C)/C=C/CC(=O)N(CCO)Cc4ccccc4)c4cc(Br)ccc43)c2)cc1. The van der Waals surface area contributed by atoms with E-state index < -0.39 is 17.4 Å². The summed E-state index contributed by atoms with van der Waals surface area (Å²) < 4.78 is 5.88. The lowest BCUT2D eigenvalue weighted by Gasteiger charge is -2.28. The molecule has 3 amide bonds. The third-order valence-electron chi connectivity index (χ3n) is 8.42. The van der Waals surface area contributed by atoms with Gasteiger partial charge in [0.2, 0.25) is 5.91 Å². The monoisotopic (exact) mass is 711 g/mol. The van der Waals surface area contributed by atoms with Gasteiger partial charge in [0, 0.05) is 46.7 Å². The lowest BCUT2D eigenvalue weighted by Crippen LogP contribution is -2.44. The van der Waals surface area contributed by atoms with Gasteiger partial charge in [0.15, 0.2) is 5.60 Å². The number of nitrogens with one attached hydrogen (secondary N) is 1. The van der Waals surface area contributed by atoms with E-state index in [9.17, 15) is 24.6 Å². The first-order chi connectivity index (χ1) is 23.1. The molecule has 0 saturated carbocycles. The highest BCUT2D eigenvalue weighted by molar-refractivity contribution is 9.10. The van der Waals surface area contributed by atoms with Crippen LogP contribution in [0.25, 0.3) is 0 Å². The fourth-order valence-electron chi connectivity index (χ4n) is 5.81. The summed E-state index contributed by atoms with van der Waals surface area (Å²) in [5, 5.41) is 24.5. The quantitative estimate of drug-likeness (QED) is 0.145. The van der Waals surface area contributed by atoms with Crippen molar-refractivity contribution < 1.29 is 29.3 Å². The number of anilines is 2. The maximum absolute atomic E-state index is 14.1. The number of rotatable bonds is 13. The molecule has 2 atom stereocenters. The second-order valence-electron chi connectivity index (χ2n) is 11.6. The predicted octanol–water partition coefficient (Wildman–Crippen LogP) is 6.05. The number of amides is 3. The maximum atomic E-state index is 14.1. The van der Waals surface area contributed by atoms with E-state index in [2.05, 4.69) is 21.2 Å². The van der Waals surface area contributed by atoms with Crippen LogP contribution in [0, 0.1) is 5.92 Å². The van der Waals surface area contributed by atoms with Crippen LogP contribution in [0.3, 0.4) is 0 Å². The number of carbonyl (C=O) groups excluding carboxylic acids is 3. The first-order valence-electron chi connectivity index (χ1n) is 15.6. The minimum Gasteiger partial charge on any atom is -0.497 e. The molecule has 1 heterocycles. The third-order valence-corrected chi connectivity index (χ3v) is 8.92. The fourth-order valence-corrected chi connectivity index (χ4v) is 6.17. The Morgan fingerprint density at radius 1 is 1.00 bits per heavy atom. The Balaban J connectivity index is 1.31. The van der Waals surface area contributed by atoms with Gasteiger partial charge in [-0.05, 0) is 65.7 Å². The van der Waals surface area contributed by atoms with E-state index in [4.69, 9.17) is 4.74 Å². The Kier molecular flexibility index (Phi) is 11.1. The molecule has 48 heavy (non-hydrogen) atoms. The number of halogens is 1. The van der Waals surface area contributed by atoms with E-state index in [1.54, 1.807) is 90.6 Å². The van der Waals surface area contributed by atoms with Gasteiger partial charge in [0.25, 0.3) is 11.8 Å². The van der Waals surface area contributed by atoms with Crippen molar-refractivity contribution in [3.8, 4) is 5.75 Å². The molecular weight excluding hydrogens is 674 g/mol. The van der Waals surface area contributed by atoms with Crippen LogP contribution in [-0.4, -0.2) is 53.1 Å². The fraction of sp³-hybridized carbons (Fsp3) is 0.237. The number of hydrogen-bond acceptors (Lipinski definition) is 6. The first-order valence-corrected chi connectivity index (χ1v) is 16.4. The summed E-state index contributed by atoms with van der Waals surface area (Å²) in [6.07, 6.45) is 3.41. The van der Waals surface area contributed by atoms with E-state index in [0.717, 1.165) is 11.1 Å². The highest BCUT2D eigenvalue weighted by Gasteiger charge is 2.52. The molecule has 0 spiro atoms. The van der Waals surface area contributed by atoms with E-state index >= 15 is 0 Å². The van der Waals surface area contributed by atoms with Gasteiger partial charge in [-0.15, -0.1) is 0 Å². The molecule has 0 saturated heterocycles. The number of aliphatic hydroxyl groups excluding tert-OH is 1. The zero-order valence-corrected chi connectivity index (χ0v) is 28.4. The highest BCUT2D eigenvalue weighted by atomic mass is 79.9. The molecule has 9 nitrogen and oxygen atoms in total. The van der Waals surface area contributed by atoms with Crippen molar-refractivity contribution in [2.45, 2.75) is 32.0 Å². The van der Waals surface area contributed by atoms with Crippen LogP contribution < -0.4 is 15.0 Å². The van der Waals surface area contributed by atoms with Gasteiger partial charge in [-0.1, -0.05) is 77.5 Å². The number of fused-ring (bicyclic) bond motifs is 1. The summed E-state index contributed by atoms with van der Waals surface area (Å²) in [5.74, 6) is -0.970. The lowest BCUT2D eigenvalue weighted by atomic mass is 9.83. The summed E-state index contributed by atoms with van der Waals surface area (Å²) in [6.45, 7) is 2.31. The molecule has 0 aliphatic carbocycles. The van der Waals surface area contributed by atoms with Gasteiger partial charge in [0.05, 0.1) is 25.9 Å². The first kappa shape index (κ1) is 34.6. The molecule has 0 unspecified atom stereocenters. The van der Waals surface area contributed by atoms with Gasteiger partial charge in [-0.3, -0.25) is 14.4 Å². The topological polar surface area (TPSA) is 119 Å². The summed E-state index contributed by atoms with van der Waals surface area (Å²) in [5.41, 5.74) is 1.90. The Bertz CT molecular complexity index is 1800. The van der Waals surface area contributed by atoms with Crippen molar-refractivity contribution >= 4 is 45.0 Å². The number of carbonyl (C=O) groups is 3. The zero-order valence-electron chi connectivity index (χ0n) is 26.8. The summed E-state index contributed by atoms with van der Waals surface area (Å²) in [6, 6.07) is 28.9. The summed E-state index contributed by atoms with van der Waals surface area (Å²) in [4.78, 5) is 43.1. The zero-order chi connectivity index (χ0) is 34.3. The van der Waals surface area contributed by atoms with E-state index in [1.807, 2.05) is 42.5 Å². The molecule has 4 aromatic rings. The van der Waals surface area contributed by atoms with Crippen LogP contribution in [0.1, 0.15) is 40.4 Å². The third kappa shape index (κ3) is 7.68. The molecule has 248 valence electrons. The van der Waals surface area contributed by atoms with E-state index in [0.29, 0.717) is 39.3 Å². The highest BCUT2D eigenvalue weighted by Crippen LogP contribution is 2.46. The average molecular weight is 713 g/mol. The normalized spacial score (nSPS) is 16.1. The van der Waals surface area contributed by atoms with E-state index in [1.165, 1.54) is 0 Å². The minimum atomic E-state index is -1.88. The molecule has 3 N–H and O–H groups in total. The number of aliphatic hydroxyl groups is 2. The predicted molar refractivity (Wildman–Crippen MR) is 188 cm³/mol. The molecular formula is C38H38BrN3O6. The Hall–Kier alpha value is -4.77. The van der Waals surface area contributed by atoms with Gasteiger partial charge >= 0.3 is 0 Å². The van der Waals surface area contributed by atoms with Gasteiger partial charge in [0.1, 0.15) is 5.75 Å². The Morgan fingerprint density at radius 3 is 2.44 bits per heavy atom. The van der Waals surface area contributed by atoms with Crippen LogP contribution in [0.4, 0.5) is 11.4 Å². The van der Waals surface area contributed by atoms with Crippen LogP contribution in [-0.2, 0) is 28.3 Å². The standard InChI is InChI=1S/C38H38BrN3O6/c1-26(8-6-13-35(44)41(20-21-43)24-27-9-4-3-5-10-27)38(47)33-23-30(39)16-19-34(33)42(37(38)46)25-28-11-7-12-31(22-28)40-36(45)29-14-17-32(48-2)18-15-29/h3-12,14-19,22-23,26,43,47H,13,20-21,24-25H2,1-2H3,(H,40,45)/b8-6+/t26-,38+/m1/s1. The number of benzene rings is 4. The smallest absolute Gasteiger partial charge is 0.264 e. The molecule has 1 aliphatic rings. The Morgan fingerprint density at radius 2 is 1.73 bits per heavy atom. The molecule has 4 aromatic carbocycles. The van der Waals surface area contributed by atoms with Gasteiger partial charge < -0.3 is 30.1 Å². The second-order valence-corrected chi connectivity index (χ2v) is 12.6. The van der Waals surface area contributed by atoms with Crippen molar-refractivity contribution in [1.29, 1.82) is 0 Å². The molecule has 1 aliphatic heterocycles. The van der Waals surface area contributed by atoms with Crippen molar-refractivity contribution in [3.63, 3.8) is 0 Å². The van der Waals surface area contributed by atoms with Crippen molar-refractivity contribution in [2.75, 3.05) is 30.5 Å². The molecule has 0 fully saturated rings. The van der Waals surface area contributed by atoms with Crippen LogP contribution in [0.5, 0.6) is 5.75 Å². The number of nitrogens with zero attached hydrogens (tertiary/aromatic N) is 2. The number of methoxy groups -OCH3 is 1. The minimum absolute atomic E-state index is 0.0472. The van der Waals surface area contributed by atoms with E-state index in [-0.39, 0.29) is 37.9 Å². The van der Waals surface area contributed by atoms with Crippen molar-refractivity contribution in [1.82, 2.24) is 4.90 Å².